The standard InChI is InChI=1S/C14H17FN2S/c1-10-4-5-11(7-13(10)15)14(8-16)17-9-12-3-2-6-18-12/h2-7,14,17H,8-9,16H2,1H3. The van der Waals surface area contributed by atoms with Crippen molar-refractivity contribution in [1.29, 1.82) is 0 Å². The molecule has 1 aromatic carbocycles. The highest BCUT2D eigenvalue weighted by molar-refractivity contribution is 7.09. The van der Waals surface area contributed by atoms with Crippen molar-refractivity contribution in [3.63, 3.8) is 0 Å². The van der Waals surface area contributed by atoms with E-state index in [2.05, 4.69) is 11.4 Å². The van der Waals surface area contributed by atoms with E-state index in [0.29, 0.717) is 12.1 Å². The third-order valence-corrected chi connectivity index (χ3v) is 3.81. The van der Waals surface area contributed by atoms with Crippen molar-refractivity contribution in [3.05, 3.63) is 57.5 Å². The lowest BCUT2D eigenvalue weighted by atomic mass is 10.0. The number of hydrogen-bond acceptors (Lipinski definition) is 3. The summed E-state index contributed by atoms with van der Waals surface area (Å²) < 4.78 is 13.5. The van der Waals surface area contributed by atoms with E-state index >= 15 is 0 Å². The highest BCUT2D eigenvalue weighted by atomic mass is 32.1. The van der Waals surface area contributed by atoms with Crippen LogP contribution in [0, 0.1) is 12.7 Å². The van der Waals surface area contributed by atoms with E-state index in [1.54, 1.807) is 30.4 Å². The molecule has 0 bridgehead atoms. The monoisotopic (exact) mass is 264 g/mol. The Hall–Kier alpha value is -1.23. The molecular weight excluding hydrogens is 247 g/mol. The Kier molecular flexibility index (Phi) is 4.47. The molecule has 0 aliphatic carbocycles. The van der Waals surface area contributed by atoms with E-state index in [4.69, 9.17) is 5.73 Å². The number of aryl methyl sites for hydroxylation is 1. The van der Waals surface area contributed by atoms with Gasteiger partial charge in [-0.3, -0.25) is 0 Å². The molecule has 0 saturated carbocycles. The van der Waals surface area contributed by atoms with Crippen LogP contribution >= 0.6 is 11.3 Å². The van der Waals surface area contributed by atoms with Gasteiger partial charge in [-0.15, -0.1) is 11.3 Å². The number of benzene rings is 1. The molecule has 0 saturated heterocycles. The average Bonchev–Trinajstić information content (AvgIpc) is 2.87. The first kappa shape index (κ1) is 13.2. The summed E-state index contributed by atoms with van der Waals surface area (Å²) in [4.78, 5) is 1.25. The first-order chi connectivity index (χ1) is 8.70. The minimum Gasteiger partial charge on any atom is -0.329 e. The minimum atomic E-state index is -0.177. The number of nitrogens with one attached hydrogen (secondary N) is 1. The van der Waals surface area contributed by atoms with E-state index in [0.717, 1.165) is 12.1 Å². The average molecular weight is 264 g/mol. The van der Waals surface area contributed by atoms with Gasteiger partial charge < -0.3 is 11.1 Å². The van der Waals surface area contributed by atoms with E-state index in [1.807, 2.05) is 17.5 Å². The summed E-state index contributed by atoms with van der Waals surface area (Å²) >= 11 is 1.70. The second-order valence-corrected chi connectivity index (χ2v) is 5.29. The smallest absolute Gasteiger partial charge is 0.126 e. The maximum absolute atomic E-state index is 13.5. The van der Waals surface area contributed by atoms with Gasteiger partial charge in [0.1, 0.15) is 5.82 Å². The van der Waals surface area contributed by atoms with Crippen molar-refractivity contribution in [1.82, 2.24) is 5.32 Å². The Labute approximate surface area is 111 Å². The molecule has 0 amide bonds. The summed E-state index contributed by atoms with van der Waals surface area (Å²) in [7, 11) is 0. The van der Waals surface area contributed by atoms with Crippen molar-refractivity contribution in [2.24, 2.45) is 5.73 Å². The number of nitrogens with two attached hydrogens (primary N) is 1. The van der Waals surface area contributed by atoms with Gasteiger partial charge in [0.25, 0.3) is 0 Å². The Balaban J connectivity index is 2.05. The molecule has 96 valence electrons. The van der Waals surface area contributed by atoms with Crippen molar-refractivity contribution < 1.29 is 4.39 Å². The Bertz CT molecular complexity index is 497. The third kappa shape index (κ3) is 3.16. The fourth-order valence-electron chi connectivity index (χ4n) is 1.80. The highest BCUT2D eigenvalue weighted by Crippen LogP contribution is 2.17. The molecule has 0 aliphatic heterocycles. The first-order valence-corrected chi connectivity index (χ1v) is 6.80. The largest absolute Gasteiger partial charge is 0.329 e. The molecular formula is C14H17FN2S. The zero-order valence-corrected chi connectivity index (χ0v) is 11.1. The van der Waals surface area contributed by atoms with Crippen LogP contribution in [0.3, 0.4) is 0 Å². The Morgan fingerprint density at radius 1 is 1.39 bits per heavy atom. The summed E-state index contributed by atoms with van der Waals surface area (Å²) in [5.74, 6) is -0.177. The molecule has 1 unspecified atom stereocenters. The second-order valence-electron chi connectivity index (χ2n) is 4.26. The predicted octanol–water partition coefficient (Wildman–Crippen LogP) is 2.99. The minimum absolute atomic E-state index is 0.0119. The molecule has 1 aromatic heterocycles. The van der Waals surface area contributed by atoms with Crippen LogP contribution in [0.2, 0.25) is 0 Å². The number of thiophene rings is 1. The molecule has 2 aromatic rings. The van der Waals surface area contributed by atoms with Crippen LogP contribution in [-0.2, 0) is 6.54 Å². The van der Waals surface area contributed by atoms with E-state index < -0.39 is 0 Å². The maximum Gasteiger partial charge on any atom is 0.126 e. The molecule has 0 aliphatic rings. The van der Waals surface area contributed by atoms with Crippen LogP contribution in [0.4, 0.5) is 4.39 Å². The normalized spacial score (nSPS) is 12.6. The molecule has 0 radical (unpaired) electrons. The van der Waals surface area contributed by atoms with Gasteiger partial charge in [0.2, 0.25) is 0 Å². The van der Waals surface area contributed by atoms with Crippen LogP contribution in [0.1, 0.15) is 22.0 Å². The second kappa shape index (κ2) is 6.09. The summed E-state index contributed by atoms with van der Waals surface area (Å²) in [5.41, 5.74) is 7.31. The Morgan fingerprint density at radius 2 is 2.22 bits per heavy atom. The van der Waals surface area contributed by atoms with Crippen LogP contribution in [-0.4, -0.2) is 6.54 Å². The summed E-state index contributed by atoms with van der Waals surface area (Å²) in [6, 6.07) is 9.36. The zero-order chi connectivity index (χ0) is 13.0. The molecule has 1 atom stereocenters. The van der Waals surface area contributed by atoms with Crippen molar-refractivity contribution in [2.45, 2.75) is 19.5 Å². The summed E-state index contributed by atoms with van der Waals surface area (Å²) in [5, 5.41) is 5.40. The third-order valence-electron chi connectivity index (χ3n) is 2.94. The van der Waals surface area contributed by atoms with Gasteiger partial charge in [-0.05, 0) is 35.6 Å². The number of hydrogen-bond donors (Lipinski definition) is 2. The Morgan fingerprint density at radius 3 is 2.83 bits per heavy atom. The first-order valence-electron chi connectivity index (χ1n) is 5.92. The van der Waals surface area contributed by atoms with Gasteiger partial charge in [0.15, 0.2) is 0 Å². The van der Waals surface area contributed by atoms with E-state index in [-0.39, 0.29) is 11.9 Å². The van der Waals surface area contributed by atoms with Crippen LogP contribution in [0.15, 0.2) is 35.7 Å². The zero-order valence-electron chi connectivity index (χ0n) is 10.3. The summed E-state index contributed by atoms with van der Waals surface area (Å²) in [6.07, 6.45) is 0. The van der Waals surface area contributed by atoms with Gasteiger partial charge in [-0.25, -0.2) is 4.39 Å². The molecule has 1 heterocycles. The lowest BCUT2D eigenvalue weighted by Crippen LogP contribution is -2.27. The lowest BCUT2D eigenvalue weighted by Gasteiger charge is -2.17. The van der Waals surface area contributed by atoms with Crippen LogP contribution in [0.5, 0.6) is 0 Å². The van der Waals surface area contributed by atoms with Gasteiger partial charge in [-0.1, -0.05) is 18.2 Å². The number of rotatable bonds is 5. The van der Waals surface area contributed by atoms with Gasteiger partial charge in [0.05, 0.1) is 0 Å². The fourth-order valence-corrected chi connectivity index (χ4v) is 2.46. The SMILES string of the molecule is Cc1ccc(C(CN)NCc2cccs2)cc1F. The van der Waals surface area contributed by atoms with E-state index in [1.165, 1.54) is 4.88 Å². The van der Waals surface area contributed by atoms with Gasteiger partial charge >= 0.3 is 0 Å². The van der Waals surface area contributed by atoms with Crippen molar-refractivity contribution >= 4 is 11.3 Å². The van der Waals surface area contributed by atoms with Crippen molar-refractivity contribution in [2.75, 3.05) is 6.54 Å². The van der Waals surface area contributed by atoms with Gasteiger partial charge in [0, 0.05) is 24.0 Å². The van der Waals surface area contributed by atoms with Crippen LogP contribution < -0.4 is 11.1 Å². The van der Waals surface area contributed by atoms with E-state index in [9.17, 15) is 4.39 Å². The molecule has 18 heavy (non-hydrogen) atoms. The maximum atomic E-state index is 13.5. The molecule has 2 rings (SSSR count). The predicted molar refractivity (Wildman–Crippen MR) is 74.1 cm³/mol. The lowest BCUT2D eigenvalue weighted by molar-refractivity contribution is 0.538. The molecule has 2 nitrogen and oxygen atoms in total. The molecule has 0 fully saturated rings. The number of halogens is 1. The van der Waals surface area contributed by atoms with Crippen molar-refractivity contribution in [3.8, 4) is 0 Å². The summed E-state index contributed by atoms with van der Waals surface area (Å²) in [6.45, 7) is 2.97. The quantitative estimate of drug-likeness (QED) is 0.871. The topological polar surface area (TPSA) is 38.0 Å². The van der Waals surface area contributed by atoms with Gasteiger partial charge in [-0.2, -0.15) is 0 Å². The molecule has 0 spiro atoms. The molecule has 4 heteroatoms. The fraction of sp³-hybridized carbons (Fsp3) is 0.286. The van der Waals surface area contributed by atoms with Crippen LogP contribution in [0.25, 0.3) is 0 Å². The molecule has 3 N–H and O–H groups in total. The highest BCUT2D eigenvalue weighted by Gasteiger charge is 2.11.